The Morgan fingerprint density at radius 3 is 2.08 bits per heavy atom. The van der Waals surface area contributed by atoms with Crippen LogP contribution in [0.1, 0.15) is 12.8 Å². The van der Waals surface area contributed by atoms with E-state index in [-0.39, 0.29) is 24.8 Å². The molecule has 0 aliphatic carbocycles. The van der Waals surface area contributed by atoms with Crippen LogP contribution in [-0.2, 0) is 4.74 Å². The van der Waals surface area contributed by atoms with Crippen molar-refractivity contribution in [3.63, 3.8) is 0 Å². The molecule has 2 rings (SSSR count). The topological polar surface area (TPSA) is 33.3 Å². The summed E-state index contributed by atoms with van der Waals surface area (Å²) in [7, 11) is 0. The van der Waals surface area contributed by atoms with E-state index in [0.29, 0.717) is 0 Å². The average molecular weight is 229 g/mol. The standard InChI is InChI=1S/C8H16N2O.2ClH/c1-3-11-4-2-7(1)10-8-5-9-6-8;;/h7-10H,1-6H2;2*1H. The van der Waals surface area contributed by atoms with Crippen LogP contribution in [0.25, 0.3) is 0 Å². The Kier molecular flexibility index (Phi) is 7.09. The number of ether oxygens (including phenoxy) is 1. The van der Waals surface area contributed by atoms with Crippen molar-refractivity contribution in [2.45, 2.75) is 24.9 Å². The fraction of sp³-hybridized carbons (Fsp3) is 1.00. The van der Waals surface area contributed by atoms with E-state index in [2.05, 4.69) is 10.6 Å². The number of halogens is 2. The van der Waals surface area contributed by atoms with E-state index in [9.17, 15) is 0 Å². The van der Waals surface area contributed by atoms with Crippen LogP contribution in [0.2, 0.25) is 0 Å². The van der Waals surface area contributed by atoms with Crippen LogP contribution in [-0.4, -0.2) is 38.4 Å². The van der Waals surface area contributed by atoms with Crippen molar-refractivity contribution in [2.75, 3.05) is 26.3 Å². The molecule has 0 radical (unpaired) electrons. The smallest absolute Gasteiger partial charge is 0.0480 e. The summed E-state index contributed by atoms with van der Waals surface area (Å²) in [6.07, 6.45) is 2.38. The fourth-order valence-corrected chi connectivity index (χ4v) is 1.60. The van der Waals surface area contributed by atoms with E-state index in [1.807, 2.05) is 0 Å². The minimum atomic E-state index is 0. The first kappa shape index (κ1) is 13.5. The lowest BCUT2D eigenvalue weighted by molar-refractivity contribution is 0.0725. The molecule has 2 fully saturated rings. The largest absolute Gasteiger partial charge is 0.381 e. The van der Waals surface area contributed by atoms with E-state index in [1.165, 1.54) is 12.8 Å². The molecular formula is C8H18Cl2N2O. The Morgan fingerprint density at radius 1 is 1.00 bits per heavy atom. The summed E-state index contributed by atoms with van der Waals surface area (Å²) in [6, 6.07) is 1.45. The Labute approximate surface area is 91.8 Å². The quantitative estimate of drug-likeness (QED) is 0.726. The zero-order valence-electron chi connectivity index (χ0n) is 7.62. The van der Waals surface area contributed by atoms with Crippen LogP contribution in [0, 0.1) is 0 Å². The molecule has 80 valence electrons. The number of hydrogen-bond acceptors (Lipinski definition) is 3. The second kappa shape index (κ2) is 6.85. The van der Waals surface area contributed by atoms with Gasteiger partial charge in [0.2, 0.25) is 0 Å². The molecular weight excluding hydrogens is 211 g/mol. The summed E-state index contributed by atoms with van der Waals surface area (Å²) in [5.41, 5.74) is 0. The number of hydrogen-bond donors (Lipinski definition) is 2. The molecule has 5 heteroatoms. The van der Waals surface area contributed by atoms with Crippen molar-refractivity contribution < 1.29 is 4.74 Å². The molecule has 0 aromatic rings. The van der Waals surface area contributed by atoms with E-state index in [4.69, 9.17) is 4.74 Å². The summed E-state index contributed by atoms with van der Waals surface area (Å²) < 4.78 is 5.28. The molecule has 0 aromatic carbocycles. The molecule has 0 unspecified atom stereocenters. The molecule has 3 nitrogen and oxygen atoms in total. The maximum atomic E-state index is 5.28. The van der Waals surface area contributed by atoms with Gasteiger partial charge >= 0.3 is 0 Å². The van der Waals surface area contributed by atoms with Gasteiger partial charge in [-0.2, -0.15) is 0 Å². The predicted molar refractivity (Wildman–Crippen MR) is 58.1 cm³/mol. The molecule has 0 saturated carbocycles. The molecule has 2 heterocycles. The molecule has 0 amide bonds. The summed E-state index contributed by atoms with van der Waals surface area (Å²) in [6.45, 7) is 4.18. The number of rotatable bonds is 2. The summed E-state index contributed by atoms with van der Waals surface area (Å²) in [4.78, 5) is 0. The molecule has 2 saturated heterocycles. The van der Waals surface area contributed by atoms with E-state index in [1.54, 1.807) is 0 Å². The average Bonchev–Trinajstić information content (AvgIpc) is 1.99. The van der Waals surface area contributed by atoms with Crippen molar-refractivity contribution >= 4 is 24.8 Å². The van der Waals surface area contributed by atoms with Gasteiger partial charge in [-0.05, 0) is 12.8 Å². The van der Waals surface area contributed by atoms with E-state index < -0.39 is 0 Å². The second-order valence-electron chi connectivity index (χ2n) is 3.41. The highest BCUT2D eigenvalue weighted by Gasteiger charge is 2.21. The minimum absolute atomic E-state index is 0. The van der Waals surface area contributed by atoms with Crippen LogP contribution in [0.3, 0.4) is 0 Å². The van der Waals surface area contributed by atoms with Crippen molar-refractivity contribution in [3.05, 3.63) is 0 Å². The molecule has 0 atom stereocenters. The molecule has 2 N–H and O–H groups in total. The monoisotopic (exact) mass is 228 g/mol. The lowest BCUT2D eigenvalue weighted by Gasteiger charge is -2.34. The molecule has 2 aliphatic rings. The lowest BCUT2D eigenvalue weighted by atomic mass is 10.1. The molecule has 0 spiro atoms. The molecule has 0 aromatic heterocycles. The third kappa shape index (κ3) is 4.00. The normalized spacial score (nSPS) is 24.0. The maximum absolute atomic E-state index is 5.28. The highest BCUT2D eigenvalue weighted by molar-refractivity contribution is 5.85. The summed E-state index contributed by atoms with van der Waals surface area (Å²) >= 11 is 0. The Balaban J connectivity index is 0.000000720. The van der Waals surface area contributed by atoms with Crippen LogP contribution in [0.15, 0.2) is 0 Å². The summed E-state index contributed by atoms with van der Waals surface area (Å²) in [5, 5.41) is 6.87. The first-order valence-electron chi connectivity index (χ1n) is 4.49. The van der Waals surface area contributed by atoms with Gasteiger partial charge in [0.25, 0.3) is 0 Å². The molecule has 13 heavy (non-hydrogen) atoms. The highest BCUT2D eigenvalue weighted by atomic mass is 35.5. The van der Waals surface area contributed by atoms with Crippen molar-refractivity contribution in [3.8, 4) is 0 Å². The highest BCUT2D eigenvalue weighted by Crippen LogP contribution is 2.07. The third-order valence-electron chi connectivity index (χ3n) is 2.47. The maximum Gasteiger partial charge on any atom is 0.0480 e. The van der Waals surface area contributed by atoms with Gasteiger partial charge in [0.1, 0.15) is 0 Å². The van der Waals surface area contributed by atoms with Crippen molar-refractivity contribution in [1.82, 2.24) is 10.6 Å². The van der Waals surface area contributed by atoms with Crippen LogP contribution in [0.4, 0.5) is 0 Å². The van der Waals surface area contributed by atoms with Gasteiger partial charge in [-0.1, -0.05) is 0 Å². The fourth-order valence-electron chi connectivity index (χ4n) is 1.60. The first-order chi connectivity index (χ1) is 5.45. The molecule has 0 bridgehead atoms. The van der Waals surface area contributed by atoms with Gasteiger partial charge in [0, 0.05) is 38.4 Å². The van der Waals surface area contributed by atoms with Gasteiger partial charge < -0.3 is 15.4 Å². The van der Waals surface area contributed by atoms with Crippen LogP contribution in [0.5, 0.6) is 0 Å². The van der Waals surface area contributed by atoms with Gasteiger partial charge in [0.05, 0.1) is 0 Å². The van der Waals surface area contributed by atoms with Gasteiger partial charge in [-0.25, -0.2) is 0 Å². The zero-order valence-corrected chi connectivity index (χ0v) is 9.26. The minimum Gasteiger partial charge on any atom is -0.381 e. The van der Waals surface area contributed by atoms with Crippen molar-refractivity contribution in [2.24, 2.45) is 0 Å². The number of nitrogens with one attached hydrogen (secondary N) is 2. The summed E-state index contributed by atoms with van der Waals surface area (Å²) in [5.74, 6) is 0. The predicted octanol–water partition coefficient (Wildman–Crippen LogP) is 0.570. The second-order valence-corrected chi connectivity index (χ2v) is 3.41. The first-order valence-corrected chi connectivity index (χ1v) is 4.49. The van der Waals surface area contributed by atoms with Gasteiger partial charge in [0.15, 0.2) is 0 Å². The van der Waals surface area contributed by atoms with Crippen LogP contribution >= 0.6 is 24.8 Å². The van der Waals surface area contributed by atoms with E-state index in [0.717, 1.165) is 38.4 Å². The molecule has 2 aliphatic heterocycles. The van der Waals surface area contributed by atoms with Crippen molar-refractivity contribution in [1.29, 1.82) is 0 Å². The lowest BCUT2D eigenvalue weighted by Crippen LogP contribution is -2.58. The van der Waals surface area contributed by atoms with Crippen LogP contribution < -0.4 is 10.6 Å². The zero-order chi connectivity index (χ0) is 7.52. The Morgan fingerprint density at radius 2 is 1.62 bits per heavy atom. The third-order valence-corrected chi connectivity index (χ3v) is 2.47. The van der Waals surface area contributed by atoms with Gasteiger partial charge in [-0.15, -0.1) is 24.8 Å². The Hall–Kier alpha value is 0.460. The van der Waals surface area contributed by atoms with Gasteiger partial charge in [-0.3, -0.25) is 0 Å². The Bertz CT molecular complexity index is 127. The van der Waals surface area contributed by atoms with E-state index >= 15 is 0 Å². The SMILES string of the molecule is C1CC(NC2CNC2)CCO1.Cl.Cl.